The number of carbonyl (C=O) groups is 2. The zero-order valence-electron chi connectivity index (χ0n) is 17.0. The highest BCUT2D eigenvalue weighted by atomic mass is 79.9. The lowest BCUT2D eigenvalue weighted by Crippen LogP contribution is -2.60. The van der Waals surface area contributed by atoms with Gasteiger partial charge < -0.3 is 14.2 Å². The molecule has 158 valence electrons. The quantitative estimate of drug-likeness (QED) is 0.513. The number of alkyl halides is 1. The molecule has 0 radical (unpaired) electrons. The van der Waals surface area contributed by atoms with Gasteiger partial charge in [0.15, 0.2) is 11.5 Å². The largest absolute Gasteiger partial charge is 0.493 e. The summed E-state index contributed by atoms with van der Waals surface area (Å²) in [5.74, 6) is 1.83. The molecule has 4 aliphatic carbocycles. The van der Waals surface area contributed by atoms with Gasteiger partial charge in [-0.25, -0.2) is 0 Å². The van der Waals surface area contributed by atoms with Gasteiger partial charge in [0.2, 0.25) is 11.7 Å². The first-order valence-corrected chi connectivity index (χ1v) is 10.7. The highest BCUT2D eigenvalue weighted by molar-refractivity contribution is 9.10. The van der Waals surface area contributed by atoms with Crippen LogP contribution in [0, 0.1) is 17.3 Å². The van der Waals surface area contributed by atoms with Gasteiger partial charge in [0.1, 0.15) is 0 Å². The third kappa shape index (κ3) is 3.56. The average molecular weight is 467 g/mol. The van der Waals surface area contributed by atoms with Crippen molar-refractivity contribution in [1.29, 1.82) is 0 Å². The fraction of sp³-hybridized carbons (Fsp3) is 0.619. The van der Waals surface area contributed by atoms with Crippen LogP contribution in [0.25, 0.3) is 0 Å². The smallest absolute Gasteiger partial charge is 0.269 e. The molecule has 2 amide bonds. The maximum Gasteiger partial charge on any atom is 0.269 e. The summed E-state index contributed by atoms with van der Waals surface area (Å²) in [4.78, 5) is 25.8. The highest BCUT2D eigenvalue weighted by Crippen LogP contribution is 2.64. The SMILES string of the molecule is COc1cc(C(=O)NNC(=O)C23C[C@H]4C[C@@H](CC(Br)(C4)C2)C3)cc(OC)c1OC. The van der Waals surface area contributed by atoms with E-state index in [-0.39, 0.29) is 10.2 Å². The number of amides is 2. The van der Waals surface area contributed by atoms with E-state index in [1.807, 2.05) is 0 Å². The molecule has 0 saturated heterocycles. The second-order valence-corrected chi connectivity index (χ2v) is 10.4. The lowest BCUT2D eigenvalue weighted by molar-refractivity contribution is -0.144. The summed E-state index contributed by atoms with van der Waals surface area (Å²) in [5.41, 5.74) is 5.17. The third-order valence-electron chi connectivity index (χ3n) is 6.69. The molecule has 1 aromatic rings. The van der Waals surface area contributed by atoms with Crippen molar-refractivity contribution in [2.45, 2.75) is 42.8 Å². The first kappa shape index (κ1) is 20.3. The Morgan fingerprint density at radius 1 is 0.966 bits per heavy atom. The van der Waals surface area contributed by atoms with Crippen LogP contribution in [0.5, 0.6) is 17.2 Å². The molecule has 5 rings (SSSR count). The summed E-state index contributed by atoms with van der Waals surface area (Å²) in [6.07, 6.45) is 6.16. The Morgan fingerprint density at radius 2 is 1.55 bits per heavy atom. The molecular weight excluding hydrogens is 440 g/mol. The minimum atomic E-state index is -0.434. The van der Waals surface area contributed by atoms with Crippen molar-refractivity contribution in [3.63, 3.8) is 0 Å². The van der Waals surface area contributed by atoms with E-state index in [0.29, 0.717) is 34.6 Å². The average Bonchev–Trinajstić information content (AvgIpc) is 2.68. The molecule has 0 aliphatic heterocycles. The Bertz CT molecular complexity index is 803. The standard InChI is InChI=1S/C21H27BrN2O5/c1-27-15-5-14(6-16(28-2)17(15)29-3)18(25)23-24-19(26)20-7-12-4-13(8-20)10-21(22,9-12)11-20/h5-6,12-13H,4,7-11H2,1-3H3,(H,23,25)(H,24,26)/t12-,13-,20?,21?/m1/s1. The van der Waals surface area contributed by atoms with Gasteiger partial charge in [-0.15, -0.1) is 0 Å². The molecule has 2 atom stereocenters. The fourth-order valence-corrected chi connectivity index (χ4v) is 7.40. The zero-order valence-corrected chi connectivity index (χ0v) is 18.6. The normalized spacial score (nSPS) is 31.9. The number of nitrogens with one attached hydrogen (secondary N) is 2. The van der Waals surface area contributed by atoms with Crippen LogP contribution in [0.1, 0.15) is 48.9 Å². The van der Waals surface area contributed by atoms with Crippen molar-refractivity contribution in [1.82, 2.24) is 10.9 Å². The maximum absolute atomic E-state index is 13.1. The molecule has 0 aromatic heterocycles. The molecule has 0 unspecified atom stereocenters. The number of ether oxygens (including phenoxy) is 3. The lowest BCUT2D eigenvalue weighted by Gasteiger charge is -2.59. The minimum Gasteiger partial charge on any atom is -0.493 e. The van der Waals surface area contributed by atoms with Gasteiger partial charge in [-0.2, -0.15) is 0 Å². The van der Waals surface area contributed by atoms with Crippen LogP contribution in [0.3, 0.4) is 0 Å². The van der Waals surface area contributed by atoms with E-state index in [2.05, 4.69) is 26.8 Å². The van der Waals surface area contributed by atoms with E-state index in [9.17, 15) is 9.59 Å². The Labute approximate surface area is 178 Å². The van der Waals surface area contributed by atoms with E-state index in [4.69, 9.17) is 14.2 Å². The molecule has 8 heteroatoms. The van der Waals surface area contributed by atoms with Crippen LogP contribution in [0.2, 0.25) is 0 Å². The highest BCUT2D eigenvalue weighted by Gasteiger charge is 2.59. The molecule has 4 saturated carbocycles. The predicted octanol–water partition coefficient (Wildman–Crippen LogP) is 3.21. The van der Waals surface area contributed by atoms with Gasteiger partial charge >= 0.3 is 0 Å². The van der Waals surface area contributed by atoms with Crippen LogP contribution in [-0.4, -0.2) is 37.5 Å². The lowest BCUT2D eigenvalue weighted by atomic mass is 9.49. The molecule has 0 spiro atoms. The van der Waals surface area contributed by atoms with E-state index in [0.717, 1.165) is 32.1 Å². The van der Waals surface area contributed by atoms with Gasteiger partial charge in [0, 0.05) is 9.89 Å². The molecule has 0 heterocycles. The van der Waals surface area contributed by atoms with Crippen molar-refractivity contribution < 1.29 is 23.8 Å². The van der Waals surface area contributed by atoms with Gasteiger partial charge in [-0.05, 0) is 62.5 Å². The van der Waals surface area contributed by atoms with Crippen molar-refractivity contribution >= 4 is 27.7 Å². The van der Waals surface area contributed by atoms with Gasteiger partial charge in [0.05, 0.1) is 26.7 Å². The fourth-order valence-electron chi connectivity index (χ4n) is 5.95. The number of halogens is 1. The maximum atomic E-state index is 13.1. The van der Waals surface area contributed by atoms with Gasteiger partial charge in [0.25, 0.3) is 5.91 Å². The van der Waals surface area contributed by atoms with Crippen molar-refractivity contribution in [2.24, 2.45) is 17.3 Å². The number of carbonyl (C=O) groups excluding carboxylic acids is 2. The summed E-state index contributed by atoms with van der Waals surface area (Å²) < 4.78 is 15.9. The number of hydrogen-bond donors (Lipinski definition) is 2. The minimum absolute atomic E-state index is 0.0785. The third-order valence-corrected chi connectivity index (χ3v) is 7.62. The Balaban J connectivity index is 1.47. The van der Waals surface area contributed by atoms with Crippen LogP contribution in [-0.2, 0) is 4.79 Å². The zero-order chi connectivity index (χ0) is 20.8. The van der Waals surface area contributed by atoms with Crippen LogP contribution >= 0.6 is 15.9 Å². The van der Waals surface area contributed by atoms with Crippen LogP contribution < -0.4 is 25.1 Å². The molecule has 2 N–H and O–H groups in total. The number of rotatable bonds is 5. The number of methoxy groups -OCH3 is 3. The van der Waals surface area contributed by atoms with Gasteiger partial charge in [-0.3, -0.25) is 20.4 Å². The molecule has 4 bridgehead atoms. The molecular formula is C21H27BrN2O5. The Hall–Kier alpha value is -1.96. The molecule has 1 aromatic carbocycles. The molecule has 4 aliphatic rings. The molecule has 29 heavy (non-hydrogen) atoms. The first-order valence-electron chi connectivity index (χ1n) is 9.91. The summed E-state index contributed by atoms with van der Waals surface area (Å²) >= 11 is 3.92. The van der Waals surface area contributed by atoms with Crippen molar-refractivity contribution in [2.75, 3.05) is 21.3 Å². The second-order valence-electron chi connectivity index (χ2n) is 8.71. The number of benzene rings is 1. The second kappa shape index (κ2) is 7.38. The number of hydrazine groups is 1. The van der Waals surface area contributed by atoms with E-state index >= 15 is 0 Å². The van der Waals surface area contributed by atoms with Gasteiger partial charge in [-0.1, -0.05) is 15.9 Å². The molecule has 7 nitrogen and oxygen atoms in total. The van der Waals surface area contributed by atoms with E-state index in [1.165, 1.54) is 27.8 Å². The van der Waals surface area contributed by atoms with E-state index < -0.39 is 11.3 Å². The first-order chi connectivity index (χ1) is 13.8. The van der Waals surface area contributed by atoms with Crippen LogP contribution in [0.15, 0.2) is 12.1 Å². The molecule has 4 fully saturated rings. The monoisotopic (exact) mass is 466 g/mol. The predicted molar refractivity (Wildman–Crippen MR) is 110 cm³/mol. The Morgan fingerprint density at radius 3 is 2.03 bits per heavy atom. The summed E-state index contributed by atoms with van der Waals surface area (Å²) in [5, 5.41) is 0. The van der Waals surface area contributed by atoms with Crippen molar-refractivity contribution in [3.8, 4) is 17.2 Å². The van der Waals surface area contributed by atoms with Crippen LogP contribution in [0.4, 0.5) is 0 Å². The summed E-state index contributed by atoms with van der Waals surface area (Å²) in [7, 11) is 4.48. The van der Waals surface area contributed by atoms with E-state index in [1.54, 1.807) is 12.1 Å². The summed E-state index contributed by atoms with van der Waals surface area (Å²) in [6, 6.07) is 3.11. The topological polar surface area (TPSA) is 85.9 Å². The summed E-state index contributed by atoms with van der Waals surface area (Å²) in [6.45, 7) is 0. The Kier molecular flexibility index (Phi) is 5.17. The van der Waals surface area contributed by atoms with Crippen molar-refractivity contribution in [3.05, 3.63) is 17.7 Å². The number of hydrogen-bond acceptors (Lipinski definition) is 5.